The first kappa shape index (κ1) is 29.8. The number of rotatable bonds is 15. The molecule has 0 amide bonds. The zero-order chi connectivity index (χ0) is 24.2. The number of hydrogen-bond donors (Lipinski definition) is 0. The molecule has 1 aliphatic carbocycles. The first-order valence-electron chi connectivity index (χ1n) is 11.9. The van der Waals surface area contributed by atoms with E-state index in [-0.39, 0.29) is 27.5 Å². The van der Waals surface area contributed by atoms with Gasteiger partial charge in [0.2, 0.25) is 0 Å². The molecule has 1 aliphatic rings. The van der Waals surface area contributed by atoms with Crippen molar-refractivity contribution in [1.29, 1.82) is 0 Å². The largest absolute Gasteiger partial charge is 0.503 e. The molecule has 0 aliphatic heterocycles. The van der Waals surface area contributed by atoms with Gasteiger partial charge in [0.1, 0.15) is 5.78 Å². The second-order valence-electron chi connectivity index (χ2n) is 8.45. The Morgan fingerprint density at radius 1 is 1.00 bits per heavy atom. The van der Waals surface area contributed by atoms with Crippen molar-refractivity contribution in [2.45, 2.75) is 85.6 Å². The SMILES string of the molecule is CCO[Si](OCC)(OCC)C(C)CC1CCCC(CCSC(C)=O)(CCSC(C)=O)C1=O. The summed E-state index contributed by atoms with van der Waals surface area (Å²) < 4.78 is 18.3. The van der Waals surface area contributed by atoms with E-state index >= 15 is 0 Å². The average Bonchev–Trinajstić information content (AvgIpc) is 2.71. The van der Waals surface area contributed by atoms with Gasteiger partial charge in [0.05, 0.1) is 0 Å². The minimum absolute atomic E-state index is 0.0188. The van der Waals surface area contributed by atoms with Crippen molar-refractivity contribution < 1.29 is 27.7 Å². The fraction of sp³-hybridized carbons (Fsp3) is 0.870. The van der Waals surface area contributed by atoms with E-state index in [0.717, 1.165) is 19.3 Å². The van der Waals surface area contributed by atoms with E-state index in [2.05, 4.69) is 6.92 Å². The summed E-state index contributed by atoms with van der Waals surface area (Å²) in [6.07, 6.45) is 4.73. The van der Waals surface area contributed by atoms with Crippen molar-refractivity contribution in [3.05, 3.63) is 0 Å². The Hall–Kier alpha value is -0.193. The number of carbonyl (C=O) groups excluding carboxylic acids is 3. The Labute approximate surface area is 204 Å². The monoisotopic (exact) mass is 506 g/mol. The number of thioether (sulfide) groups is 2. The van der Waals surface area contributed by atoms with Crippen molar-refractivity contribution in [2.24, 2.45) is 11.3 Å². The van der Waals surface area contributed by atoms with E-state index in [1.165, 1.54) is 23.5 Å². The Kier molecular flexibility index (Phi) is 13.9. The van der Waals surface area contributed by atoms with Crippen LogP contribution in [0, 0.1) is 11.3 Å². The molecule has 0 bridgehead atoms. The van der Waals surface area contributed by atoms with Crippen molar-refractivity contribution in [3.63, 3.8) is 0 Å². The lowest BCUT2D eigenvalue weighted by atomic mass is 9.64. The highest BCUT2D eigenvalue weighted by Gasteiger charge is 2.50. The Bertz CT molecular complexity index is 578. The van der Waals surface area contributed by atoms with Crippen molar-refractivity contribution >= 4 is 48.3 Å². The molecule has 0 saturated heterocycles. The number of hydrogen-bond acceptors (Lipinski definition) is 8. The molecule has 0 heterocycles. The number of carbonyl (C=O) groups is 3. The van der Waals surface area contributed by atoms with Gasteiger partial charge in [-0.2, -0.15) is 0 Å². The smallest absolute Gasteiger partial charge is 0.374 e. The molecule has 0 N–H and O–H groups in total. The van der Waals surface area contributed by atoms with Crippen molar-refractivity contribution in [2.75, 3.05) is 31.3 Å². The highest BCUT2D eigenvalue weighted by atomic mass is 32.2. The molecule has 0 spiro atoms. The lowest BCUT2D eigenvalue weighted by molar-refractivity contribution is -0.137. The van der Waals surface area contributed by atoms with E-state index in [0.29, 0.717) is 50.6 Å². The molecule has 2 atom stereocenters. The summed E-state index contributed by atoms with van der Waals surface area (Å²) in [5, 5.41) is 0.153. The second-order valence-corrected chi connectivity index (χ2v) is 14.1. The van der Waals surface area contributed by atoms with Crippen LogP contribution >= 0.6 is 23.5 Å². The van der Waals surface area contributed by atoms with E-state index in [4.69, 9.17) is 13.3 Å². The Balaban J connectivity index is 3.04. The van der Waals surface area contributed by atoms with Gasteiger partial charge in [0, 0.05) is 62.0 Å². The van der Waals surface area contributed by atoms with Crippen LogP contribution in [0.4, 0.5) is 0 Å². The van der Waals surface area contributed by atoms with Gasteiger partial charge in [-0.3, -0.25) is 14.4 Å². The van der Waals surface area contributed by atoms with Crippen LogP contribution in [0.2, 0.25) is 5.54 Å². The van der Waals surface area contributed by atoms with Gasteiger partial charge in [-0.15, -0.1) is 0 Å². The average molecular weight is 507 g/mol. The quantitative estimate of drug-likeness (QED) is 0.269. The zero-order valence-electron chi connectivity index (χ0n) is 20.7. The van der Waals surface area contributed by atoms with Crippen LogP contribution in [-0.4, -0.2) is 56.1 Å². The lowest BCUT2D eigenvalue weighted by Gasteiger charge is -2.42. The van der Waals surface area contributed by atoms with E-state index in [1.807, 2.05) is 20.8 Å². The van der Waals surface area contributed by atoms with Gasteiger partial charge in [-0.25, -0.2) is 0 Å². The lowest BCUT2D eigenvalue weighted by Crippen LogP contribution is -2.51. The molecule has 186 valence electrons. The highest BCUT2D eigenvalue weighted by molar-refractivity contribution is 8.13. The van der Waals surface area contributed by atoms with Gasteiger partial charge in [0.25, 0.3) is 0 Å². The molecule has 0 aromatic carbocycles. The maximum atomic E-state index is 13.8. The normalized spacial score (nSPS) is 19.7. The van der Waals surface area contributed by atoms with Crippen LogP contribution in [0.3, 0.4) is 0 Å². The summed E-state index contributed by atoms with van der Waals surface area (Å²) in [6.45, 7) is 12.6. The third-order valence-electron chi connectivity index (χ3n) is 6.15. The van der Waals surface area contributed by atoms with Crippen LogP contribution in [0.5, 0.6) is 0 Å². The Morgan fingerprint density at radius 2 is 1.47 bits per heavy atom. The molecule has 0 radical (unpaired) electrons. The van der Waals surface area contributed by atoms with Crippen LogP contribution in [0.15, 0.2) is 0 Å². The summed E-state index contributed by atoms with van der Waals surface area (Å²) >= 11 is 2.57. The predicted molar refractivity (Wildman–Crippen MR) is 135 cm³/mol. The summed E-state index contributed by atoms with van der Waals surface area (Å²) in [5.74, 6) is 1.50. The van der Waals surface area contributed by atoms with Crippen LogP contribution < -0.4 is 0 Å². The van der Waals surface area contributed by atoms with E-state index in [1.54, 1.807) is 13.8 Å². The van der Waals surface area contributed by atoms with Crippen LogP contribution in [0.1, 0.15) is 80.1 Å². The highest BCUT2D eigenvalue weighted by Crippen LogP contribution is 2.46. The van der Waals surface area contributed by atoms with Gasteiger partial charge in [-0.05, 0) is 52.9 Å². The van der Waals surface area contributed by atoms with Gasteiger partial charge < -0.3 is 13.3 Å². The zero-order valence-corrected chi connectivity index (χ0v) is 23.3. The summed E-state index contributed by atoms with van der Waals surface area (Å²) in [7, 11) is -2.89. The molecule has 1 rings (SSSR count). The molecule has 32 heavy (non-hydrogen) atoms. The summed E-state index contributed by atoms with van der Waals surface area (Å²) in [4.78, 5) is 36.8. The predicted octanol–water partition coefficient (Wildman–Crippen LogP) is 5.51. The minimum atomic E-state index is -2.89. The first-order chi connectivity index (χ1) is 15.2. The fourth-order valence-corrected chi connectivity index (χ4v) is 9.17. The molecule has 2 unspecified atom stereocenters. The maximum absolute atomic E-state index is 13.8. The van der Waals surface area contributed by atoms with E-state index in [9.17, 15) is 14.4 Å². The third kappa shape index (κ3) is 8.87. The molecule has 0 aromatic heterocycles. The number of ketones is 1. The third-order valence-corrected chi connectivity index (χ3v) is 11.3. The van der Waals surface area contributed by atoms with Crippen LogP contribution in [-0.2, 0) is 27.7 Å². The van der Waals surface area contributed by atoms with Crippen LogP contribution in [0.25, 0.3) is 0 Å². The van der Waals surface area contributed by atoms with Gasteiger partial charge >= 0.3 is 8.80 Å². The molecule has 1 saturated carbocycles. The molecule has 6 nitrogen and oxygen atoms in total. The van der Waals surface area contributed by atoms with Gasteiger partial charge in [-0.1, -0.05) is 36.9 Å². The molecule has 9 heteroatoms. The second kappa shape index (κ2) is 14.9. The maximum Gasteiger partial charge on any atom is 0.503 e. The standard InChI is InChI=1S/C23H42O6S2Si/c1-7-27-32(28-8-2,29-9-3)18(4)17-21-11-10-12-23(22(21)26,13-15-30-19(5)24)14-16-31-20(6)25/h18,21H,7-17H2,1-6H3. The van der Waals surface area contributed by atoms with Gasteiger partial charge in [0.15, 0.2) is 10.2 Å². The van der Waals surface area contributed by atoms with Crippen molar-refractivity contribution in [1.82, 2.24) is 0 Å². The van der Waals surface area contributed by atoms with Crippen molar-refractivity contribution in [3.8, 4) is 0 Å². The Morgan fingerprint density at radius 3 is 1.88 bits per heavy atom. The van der Waals surface area contributed by atoms with E-state index < -0.39 is 14.2 Å². The first-order valence-corrected chi connectivity index (χ1v) is 15.7. The minimum Gasteiger partial charge on any atom is -0.374 e. The molecule has 0 aromatic rings. The molecular formula is C23H42O6S2Si. The summed E-state index contributed by atoms with van der Waals surface area (Å²) in [6, 6.07) is 0. The molecular weight excluding hydrogens is 464 g/mol. The fourth-order valence-electron chi connectivity index (χ4n) is 4.73. The number of Topliss-reactive ketones (excluding diaryl/α,β-unsaturated/α-hetero) is 1. The summed E-state index contributed by atoms with van der Waals surface area (Å²) in [5.41, 5.74) is -0.439. The molecule has 1 fully saturated rings. The topological polar surface area (TPSA) is 78.9 Å².